The van der Waals surface area contributed by atoms with Crippen LogP contribution in [-0.4, -0.2) is 31.6 Å². The Morgan fingerprint density at radius 1 is 1.33 bits per heavy atom. The number of hydrogen-bond donors (Lipinski definition) is 1. The summed E-state index contributed by atoms with van der Waals surface area (Å²) in [7, 11) is 1.27. The molecule has 0 radical (unpaired) electrons. The largest absolute Gasteiger partial charge is 0.484 e. The molecule has 0 aliphatic carbocycles. The highest BCUT2D eigenvalue weighted by atomic mass is 16.5. The standard InChI is InChI=1S/C13H17NO4/c1-9-6-4-5-7-11(9)18-8-12(15)14-10(2)13(16)17-3/h4-7,10H,8H2,1-3H3,(H,14,15). The van der Waals surface area contributed by atoms with E-state index in [2.05, 4.69) is 10.1 Å². The zero-order valence-electron chi connectivity index (χ0n) is 10.7. The predicted molar refractivity (Wildman–Crippen MR) is 66.3 cm³/mol. The van der Waals surface area contributed by atoms with Gasteiger partial charge in [0.1, 0.15) is 11.8 Å². The molecule has 1 amide bonds. The number of carbonyl (C=O) groups excluding carboxylic acids is 2. The molecular formula is C13H17NO4. The summed E-state index contributed by atoms with van der Waals surface area (Å²) in [6.45, 7) is 3.31. The van der Waals surface area contributed by atoms with E-state index < -0.39 is 12.0 Å². The van der Waals surface area contributed by atoms with Gasteiger partial charge >= 0.3 is 5.97 Å². The molecule has 18 heavy (non-hydrogen) atoms. The summed E-state index contributed by atoms with van der Waals surface area (Å²) in [5.74, 6) is -0.200. The smallest absolute Gasteiger partial charge is 0.328 e. The SMILES string of the molecule is COC(=O)C(C)NC(=O)COc1ccccc1C. The minimum absolute atomic E-state index is 0.133. The van der Waals surface area contributed by atoms with Crippen molar-refractivity contribution < 1.29 is 19.1 Å². The molecule has 1 rings (SSSR count). The van der Waals surface area contributed by atoms with E-state index >= 15 is 0 Å². The van der Waals surface area contributed by atoms with Gasteiger partial charge < -0.3 is 14.8 Å². The summed E-state index contributed by atoms with van der Waals surface area (Å²) >= 11 is 0. The molecule has 0 bridgehead atoms. The van der Waals surface area contributed by atoms with Crippen LogP contribution in [0.15, 0.2) is 24.3 Å². The molecule has 0 heterocycles. The molecule has 1 atom stereocenters. The van der Waals surface area contributed by atoms with Gasteiger partial charge in [-0.25, -0.2) is 4.79 Å². The van der Waals surface area contributed by atoms with Crippen molar-refractivity contribution >= 4 is 11.9 Å². The highest BCUT2D eigenvalue weighted by Gasteiger charge is 2.15. The van der Waals surface area contributed by atoms with Crippen LogP contribution in [0, 0.1) is 6.92 Å². The highest BCUT2D eigenvalue weighted by molar-refractivity contribution is 5.84. The van der Waals surface area contributed by atoms with E-state index in [4.69, 9.17) is 4.74 Å². The number of nitrogens with one attached hydrogen (secondary N) is 1. The Balaban J connectivity index is 2.43. The van der Waals surface area contributed by atoms with Crippen LogP contribution in [0.3, 0.4) is 0 Å². The van der Waals surface area contributed by atoms with Gasteiger partial charge in [0.25, 0.3) is 5.91 Å². The first-order valence-electron chi connectivity index (χ1n) is 5.60. The van der Waals surface area contributed by atoms with E-state index in [0.29, 0.717) is 5.75 Å². The van der Waals surface area contributed by atoms with E-state index in [-0.39, 0.29) is 12.5 Å². The van der Waals surface area contributed by atoms with Crippen molar-refractivity contribution in [1.29, 1.82) is 0 Å². The van der Waals surface area contributed by atoms with Gasteiger partial charge in [-0.15, -0.1) is 0 Å². The van der Waals surface area contributed by atoms with E-state index in [1.54, 1.807) is 13.0 Å². The number of esters is 1. The van der Waals surface area contributed by atoms with Crippen molar-refractivity contribution in [2.75, 3.05) is 13.7 Å². The van der Waals surface area contributed by atoms with E-state index in [1.807, 2.05) is 25.1 Å². The molecule has 0 saturated heterocycles. The molecular weight excluding hydrogens is 234 g/mol. The predicted octanol–water partition coefficient (Wildman–Crippen LogP) is 1.05. The third kappa shape index (κ3) is 4.08. The Labute approximate surface area is 106 Å². The Bertz CT molecular complexity index is 431. The number of ether oxygens (including phenoxy) is 2. The number of para-hydroxylation sites is 1. The average Bonchev–Trinajstić information content (AvgIpc) is 2.36. The van der Waals surface area contributed by atoms with Crippen LogP contribution >= 0.6 is 0 Å². The number of rotatable bonds is 5. The first-order valence-corrected chi connectivity index (χ1v) is 5.60. The van der Waals surface area contributed by atoms with Crippen LogP contribution < -0.4 is 10.1 Å². The van der Waals surface area contributed by atoms with Crippen molar-refractivity contribution in [3.63, 3.8) is 0 Å². The Kier molecular flexibility index (Phi) is 5.17. The van der Waals surface area contributed by atoms with Gasteiger partial charge in [-0.2, -0.15) is 0 Å². The average molecular weight is 251 g/mol. The summed E-state index contributed by atoms with van der Waals surface area (Å²) in [5.41, 5.74) is 0.950. The fourth-order valence-corrected chi connectivity index (χ4v) is 1.38. The van der Waals surface area contributed by atoms with Crippen molar-refractivity contribution in [1.82, 2.24) is 5.32 Å². The molecule has 5 nitrogen and oxygen atoms in total. The fraction of sp³-hybridized carbons (Fsp3) is 0.385. The molecule has 1 aromatic carbocycles. The summed E-state index contributed by atoms with van der Waals surface area (Å²) in [4.78, 5) is 22.6. The van der Waals surface area contributed by atoms with E-state index in [0.717, 1.165) is 5.56 Å². The summed E-state index contributed by atoms with van der Waals surface area (Å²) in [6.07, 6.45) is 0. The van der Waals surface area contributed by atoms with Gasteiger partial charge in [-0.3, -0.25) is 4.79 Å². The molecule has 5 heteroatoms. The molecule has 0 aliphatic heterocycles. The second kappa shape index (κ2) is 6.64. The molecule has 1 unspecified atom stereocenters. The van der Waals surface area contributed by atoms with E-state index in [1.165, 1.54) is 7.11 Å². The number of carbonyl (C=O) groups is 2. The zero-order chi connectivity index (χ0) is 13.5. The third-order valence-electron chi connectivity index (χ3n) is 2.38. The maximum atomic E-state index is 11.5. The molecule has 0 fully saturated rings. The van der Waals surface area contributed by atoms with Crippen LogP contribution in [0.4, 0.5) is 0 Å². The van der Waals surface area contributed by atoms with Crippen LogP contribution in [0.5, 0.6) is 5.75 Å². The minimum Gasteiger partial charge on any atom is -0.484 e. The maximum Gasteiger partial charge on any atom is 0.328 e. The topological polar surface area (TPSA) is 64.6 Å². The first-order chi connectivity index (χ1) is 8.54. The van der Waals surface area contributed by atoms with E-state index in [9.17, 15) is 9.59 Å². The monoisotopic (exact) mass is 251 g/mol. The minimum atomic E-state index is -0.678. The highest BCUT2D eigenvalue weighted by Crippen LogP contribution is 2.15. The molecule has 98 valence electrons. The van der Waals surface area contributed by atoms with Gasteiger partial charge in [0.05, 0.1) is 7.11 Å². The van der Waals surface area contributed by atoms with Gasteiger partial charge in [-0.05, 0) is 25.5 Å². The van der Waals surface area contributed by atoms with Gasteiger partial charge in [0.2, 0.25) is 0 Å². The van der Waals surface area contributed by atoms with Crippen molar-refractivity contribution in [3.8, 4) is 5.75 Å². The van der Waals surface area contributed by atoms with Gasteiger partial charge in [0.15, 0.2) is 6.61 Å². The number of methoxy groups -OCH3 is 1. The molecule has 0 saturated carbocycles. The van der Waals surface area contributed by atoms with Crippen LogP contribution in [0.25, 0.3) is 0 Å². The Hall–Kier alpha value is -2.04. The molecule has 1 aromatic rings. The Morgan fingerprint density at radius 3 is 2.61 bits per heavy atom. The molecule has 0 spiro atoms. The summed E-state index contributed by atoms with van der Waals surface area (Å²) in [6, 6.07) is 6.72. The second-order valence-corrected chi connectivity index (χ2v) is 3.87. The van der Waals surface area contributed by atoms with Crippen LogP contribution in [0.1, 0.15) is 12.5 Å². The Morgan fingerprint density at radius 2 is 2.00 bits per heavy atom. The number of hydrogen-bond acceptors (Lipinski definition) is 4. The number of aryl methyl sites for hydroxylation is 1. The lowest BCUT2D eigenvalue weighted by Crippen LogP contribution is -2.41. The van der Waals surface area contributed by atoms with Crippen LogP contribution in [0.2, 0.25) is 0 Å². The number of amides is 1. The molecule has 0 aromatic heterocycles. The first kappa shape index (κ1) is 14.0. The van der Waals surface area contributed by atoms with Crippen molar-refractivity contribution in [2.45, 2.75) is 19.9 Å². The third-order valence-corrected chi connectivity index (χ3v) is 2.38. The molecule has 0 aliphatic rings. The number of benzene rings is 1. The van der Waals surface area contributed by atoms with Gasteiger partial charge in [0, 0.05) is 0 Å². The normalized spacial score (nSPS) is 11.5. The lowest BCUT2D eigenvalue weighted by molar-refractivity contribution is -0.144. The van der Waals surface area contributed by atoms with Crippen LogP contribution in [-0.2, 0) is 14.3 Å². The lowest BCUT2D eigenvalue weighted by atomic mass is 10.2. The fourth-order valence-electron chi connectivity index (χ4n) is 1.38. The van der Waals surface area contributed by atoms with Crippen molar-refractivity contribution in [2.24, 2.45) is 0 Å². The zero-order valence-corrected chi connectivity index (χ0v) is 10.7. The summed E-state index contributed by atoms with van der Waals surface area (Å²) < 4.78 is 9.85. The maximum absolute atomic E-state index is 11.5. The molecule has 1 N–H and O–H groups in total. The van der Waals surface area contributed by atoms with Gasteiger partial charge in [-0.1, -0.05) is 18.2 Å². The quantitative estimate of drug-likeness (QED) is 0.794. The summed E-state index contributed by atoms with van der Waals surface area (Å²) in [5, 5.41) is 2.48. The lowest BCUT2D eigenvalue weighted by Gasteiger charge is -2.12. The second-order valence-electron chi connectivity index (χ2n) is 3.87. The van der Waals surface area contributed by atoms with Crippen molar-refractivity contribution in [3.05, 3.63) is 29.8 Å².